The van der Waals surface area contributed by atoms with Crippen molar-refractivity contribution in [3.8, 4) is 0 Å². The molecule has 0 rings (SSSR count). The highest BCUT2D eigenvalue weighted by Gasteiger charge is 2.04. The first-order chi connectivity index (χ1) is 5.56. The molecule has 0 unspecified atom stereocenters. The number of hydrogen-bond donors (Lipinski definition) is 0. The maximum atomic E-state index is 2.28. The molecule has 1 nitrogen and oxygen atoms in total. The van der Waals surface area contributed by atoms with Gasteiger partial charge in [-0.2, -0.15) is 0 Å². The summed E-state index contributed by atoms with van der Waals surface area (Å²) in [7, 11) is 8.22. The van der Waals surface area contributed by atoms with Crippen molar-refractivity contribution >= 4 is 10.2 Å². The molecule has 0 aliphatic heterocycles. The zero-order valence-electron chi connectivity index (χ0n) is 9.40. The van der Waals surface area contributed by atoms with Gasteiger partial charge < -0.3 is 4.48 Å². The molecular weight excluding hydrogens is 162 g/mol. The van der Waals surface area contributed by atoms with Crippen molar-refractivity contribution in [2.75, 3.05) is 27.7 Å². The topological polar surface area (TPSA) is 0 Å². The van der Waals surface area contributed by atoms with Gasteiger partial charge in [0.1, 0.15) is 0 Å². The molecule has 0 N–H and O–H groups in total. The lowest BCUT2D eigenvalue weighted by molar-refractivity contribution is -0.870. The van der Waals surface area contributed by atoms with Crippen molar-refractivity contribution < 1.29 is 4.48 Å². The second kappa shape index (κ2) is 6.67. The van der Waals surface area contributed by atoms with Crippen LogP contribution in [0.4, 0.5) is 0 Å². The highest BCUT2D eigenvalue weighted by Crippen LogP contribution is 2.06. The van der Waals surface area contributed by atoms with Crippen LogP contribution in [0.25, 0.3) is 0 Å². The van der Waals surface area contributed by atoms with Crippen LogP contribution in [-0.4, -0.2) is 42.4 Å². The Kier molecular flexibility index (Phi) is 6.77. The molecule has 0 saturated carbocycles. The van der Waals surface area contributed by atoms with Crippen LogP contribution < -0.4 is 0 Å². The number of hydrogen-bond acceptors (Lipinski definition) is 0. The average molecular weight is 188 g/mol. The van der Waals surface area contributed by atoms with E-state index in [0.29, 0.717) is 0 Å². The normalized spacial score (nSPS) is 12.2. The maximum absolute atomic E-state index is 2.28. The minimum atomic E-state index is 1.13. The Morgan fingerprint density at radius 3 is 1.83 bits per heavy atom. The van der Waals surface area contributed by atoms with E-state index in [1.54, 1.807) is 0 Å². The van der Waals surface area contributed by atoms with E-state index in [-0.39, 0.29) is 0 Å². The quantitative estimate of drug-likeness (QED) is 0.322. The fraction of sp³-hybridized carbons (Fsp3) is 1.00. The van der Waals surface area contributed by atoms with Gasteiger partial charge in [0.2, 0.25) is 0 Å². The summed E-state index contributed by atoms with van der Waals surface area (Å²) in [5.41, 5.74) is 0. The van der Waals surface area contributed by atoms with Crippen molar-refractivity contribution in [3.05, 3.63) is 0 Å². The van der Waals surface area contributed by atoms with Gasteiger partial charge in [-0.25, -0.2) is 0 Å². The minimum absolute atomic E-state index is 1.13. The Labute approximate surface area is 81.2 Å². The van der Waals surface area contributed by atoms with Crippen LogP contribution in [0.5, 0.6) is 0 Å². The zero-order chi connectivity index (χ0) is 9.45. The van der Waals surface area contributed by atoms with E-state index in [1.165, 1.54) is 54.9 Å². The molecule has 12 heavy (non-hydrogen) atoms. The third-order valence-corrected chi connectivity index (χ3v) is 2.89. The van der Waals surface area contributed by atoms with Crippen LogP contribution in [0.1, 0.15) is 32.1 Å². The number of nitrogens with zero attached hydrogens (tertiary/aromatic N) is 1. The Bertz CT molecular complexity index is 96.5. The SMILES string of the molecule is C[N+](C)(C)CCCCCCC[SiH3]. The molecule has 0 heterocycles. The van der Waals surface area contributed by atoms with E-state index < -0.39 is 0 Å². The molecule has 0 aromatic heterocycles. The predicted octanol–water partition coefficient (Wildman–Crippen LogP) is 1.43. The molecule has 0 fully saturated rings. The molecule has 0 spiro atoms. The Hall–Kier alpha value is 0.177. The summed E-state index contributed by atoms with van der Waals surface area (Å²) in [5.74, 6) is 0. The third-order valence-electron chi connectivity index (χ3n) is 2.18. The van der Waals surface area contributed by atoms with Gasteiger partial charge in [-0.1, -0.05) is 25.3 Å². The van der Waals surface area contributed by atoms with Crippen LogP contribution >= 0.6 is 0 Å². The predicted molar refractivity (Wildman–Crippen MR) is 60.7 cm³/mol. The summed E-state index contributed by atoms with van der Waals surface area (Å²) in [6, 6.07) is 1.50. The van der Waals surface area contributed by atoms with Crippen LogP contribution in [0, 0.1) is 0 Å². The van der Waals surface area contributed by atoms with Crippen molar-refractivity contribution in [2.45, 2.75) is 38.1 Å². The lowest BCUT2D eigenvalue weighted by Crippen LogP contribution is -2.35. The standard InChI is InChI=1S/C10H26NSi/c1-11(2,3)9-7-5-4-6-8-10-12/h4-10H2,1-3,12H3/q+1. The molecule has 0 atom stereocenters. The summed E-state index contributed by atoms with van der Waals surface area (Å²) >= 11 is 0. The second-order valence-electron chi connectivity index (χ2n) is 4.78. The summed E-state index contributed by atoms with van der Waals surface area (Å²) in [6.45, 7) is 1.33. The molecule has 74 valence electrons. The van der Waals surface area contributed by atoms with Gasteiger partial charge in [-0.05, 0) is 12.8 Å². The van der Waals surface area contributed by atoms with Crippen LogP contribution in [0.15, 0.2) is 0 Å². The van der Waals surface area contributed by atoms with Gasteiger partial charge in [0.05, 0.1) is 27.7 Å². The molecule has 0 aliphatic carbocycles. The summed E-state index contributed by atoms with van der Waals surface area (Å²) in [4.78, 5) is 0. The van der Waals surface area contributed by atoms with Crippen molar-refractivity contribution in [1.82, 2.24) is 0 Å². The van der Waals surface area contributed by atoms with Crippen LogP contribution in [0.3, 0.4) is 0 Å². The van der Waals surface area contributed by atoms with Crippen LogP contribution in [-0.2, 0) is 0 Å². The highest BCUT2D eigenvalue weighted by molar-refractivity contribution is 6.08. The Morgan fingerprint density at radius 1 is 0.833 bits per heavy atom. The number of rotatable bonds is 7. The summed E-state index contributed by atoms with van der Waals surface area (Å²) in [6.07, 6.45) is 7.27. The molecule has 0 bridgehead atoms. The lowest BCUT2D eigenvalue weighted by atomic mass is 10.1. The largest absolute Gasteiger partial charge is 0.331 e. The first-order valence-corrected chi connectivity index (χ1v) is 6.78. The zero-order valence-corrected chi connectivity index (χ0v) is 11.4. The second-order valence-corrected chi connectivity index (χ2v) is 5.78. The average Bonchev–Trinajstić information content (AvgIpc) is 1.94. The van der Waals surface area contributed by atoms with E-state index in [0.717, 1.165) is 4.48 Å². The van der Waals surface area contributed by atoms with Gasteiger partial charge >= 0.3 is 0 Å². The van der Waals surface area contributed by atoms with E-state index in [9.17, 15) is 0 Å². The first kappa shape index (κ1) is 12.2. The van der Waals surface area contributed by atoms with Gasteiger partial charge in [-0.15, -0.1) is 0 Å². The number of unbranched alkanes of at least 4 members (excludes halogenated alkanes) is 4. The van der Waals surface area contributed by atoms with E-state index in [4.69, 9.17) is 0 Å². The van der Waals surface area contributed by atoms with Crippen molar-refractivity contribution in [3.63, 3.8) is 0 Å². The summed E-state index contributed by atoms with van der Waals surface area (Å²) < 4.78 is 1.13. The van der Waals surface area contributed by atoms with E-state index >= 15 is 0 Å². The molecule has 0 aromatic rings. The van der Waals surface area contributed by atoms with Gasteiger partial charge in [0.15, 0.2) is 0 Å². The molecule has 0 amide bonds. The minimum Gasteiger partial charge on any atom is -0.331 e. The summed E-state index contributed by atoms with van der Waals surface area (Å²) in [5, 5.41) is 0. The highest BCUT2D eigenvalue weighted by atomic mass is 28.1. The van der Waals surface area contributed by atoms with Crippen LogP contribution in [0.2, 0.25) is 6.04 Å². The van der Waals surface area contributed by atoms with Crippen molar-refractivity contribution in [1.29, 1.82) is 0 Å². The lowest BCUT2D eigenvalue weighted by Gasteiger charge is -2.23. The third kappa shape index (κ3) is 10.2. The molecule has 2 heteroatoms. The first-order valence-electron chi connectivity index (χ1n) is 5.36. The Balaban J connectivity index is 3.01. The van der Waals surface area contributed by atoms with E-state index in [2.05, 4.69) is 21.1 Å². The fourth-order valence-corrected chi connectivity index (χ4v) is 1.87. The van der Waals surface area contributed by atoms with Crippen molar-refractivity contribution in [2.24, 2.45) is 0 Å². The molecule has 0 aliphatic rings. The monoisotopic (exact) mass is 188 g/mol. The van der Waals surface area contributed by atoms with Gasteiger partial charge in [0, 0.05) is 10.2 Å². The molecule has 0 aromatic carbocycles. The molecular formula is C10H26NSi+. The maximum Gasteiger partial charge on any atom is 0.0780 e. The molecule has 0 radical (unpaired) electrons. The fourth-order valence-electron chi connectivity index (χ4n) is 1.37. The van der Waals surface area contributed by atoms with E-state index in [1.807, 2.05) is 0 Å². The van der Waals surface area contributed by atoms with Gasteiger partial charge in [0.25, 0.3) is 0 Å². The smallest absolute Gasteiger partial charge is 0.0780 e. The Morgan fingerprint density at radius 2 is 1.33 bits per heavy atom. The molecule has 0 saturated heterocycles. The number of quaternary nitrogens is 1. The van der Waals surface area contributed by atoms with Gasteiger partial charge in [-0.3, -0.25) is 0 Å².